The van der Waals surface area contributed by atoms with E-state index in [1.165, 1.54) is 34.6 Å². The molecule has 6 nitrogen and oxygen atoms in total. The van der Waals surface area contributed by atoms with Gasteiger partial charge in [-0.2, -0.15) is 10.2 Å². The Morgan fingerprint density at radius 1 is 0.537 bits per heavy atom. The van der Waals surface area contributed by atoms with Gasteiger partial charge in [0.15, 0.2) is 10.3 Å². The van der Waals surface area contributed by atoms with Crippen molar-refractivity contribution in [1.82, 2.24) is 0 Å². The fraction of sp³-hybridized carbons (Fsp3) is 0.0667. The van der Waals surface area contributed by atoms with Crippen molar-refractivity contribution in [2.45, 2.75) is 13.8 Å². The molecule has 4 rings (SSSR count). The Bertz CT molecular complexity index is 1490. The number of hydrogen-bond donors (Lipinski definition) is 2. The summed E-state index contributed by atoms with van der Waals surface area (Å²) in [6.07, 6.45) is -2.96. The number of amidine groups is 2. The van der Waals surface area contributed by atoms with Gasteiger partial charge in [-0.1, -0.05) is 119 Å². The van der Waals surface area contributed by atoms with Crippen molar-refractivity contribution in [3.8, 4) is 0 Å². The maximum Gasteiger partial charge on any atom is 0.256 e. The van der Waals surface area contributed by atoms with E-state index >= 15 is 0 Å². The van der Waals surface area contributed by atoms with Crippen LogP contribution in [-0.2, 0) is 0 Å². The zero-order valence-corrected chi connectivity index (χ0v) is 25.0. The fourth-order valence-corrected chi connectivity index (χ4v) is 13.9. The van der Waals surface area contributed by atoms with Gasteiger partial charge in [0.05, 0.1) is 11.4 Å². The van der Waals surface area contributed by atoms with Gasteiger partial charge in [-0.3, -0.25) is 0 Å². The summed E-state index contributed by atoms with van der Waals surface area (Å²) in [5, 5.41) is 19.3. The molecule has 0 bridgehead atoms. The first-order chi connectivity index (χ1) is 19.8. The van der Waals surface area contributed by atoms with E-state index < -0.39 is 18.0 Å². The van der Waals surface area contributed by atoms with Gasteiger partial charge >= 0.3 is 0 Å². The second kappa shape index (κ2) is 14.0. The lowest BCUT2D eigenvalue weighted by Crippen LogP contribution is -2.55. The lowest BCUT2D eigenvalue weighted by atomic mass is 10.1. The van der Waals surface area contributed by atoms with Gasteiger partial charge in [-0.25, -0.2) is 8.78 Å². The molecule has 0 unspecified atom stereocenters. The minimum Gasteiger partial charge on any atom is -0.377 e. The van der Waals surface area contributed by atoms with Crippen molar-refractivity contribution < 1.29 is 8.78 Å². The third-order valence-electron chi connectivity index (χ3n) is 5.93. The van der Waals surface area contributed by atoms with Crippen molar-refractivity contribution in [2.24, 2.45) is 31.9 Å². The maximum atomic E-state index is 14.3. The first-order valence-corrected chi connectivity index (χ1v) is 17.6. The van der Waals surface area contributed by atoms with Crippen molar-refractivity contribution in [3.05, 3.63) is 132 Å². The first kappa shape index (κ1) is 29.9. The molecule has 0 saturated heterocycles. The molecule has 4 aromatic carbocycles. The number of nitrogens with zero attached hydrogens (tertiary/aromatic N) is 4. The molecule has 4 N–H and O–H groups in total. The molecule has 0 aromatic heterocycles. The summed E-state index contributed by atoms with van der Waals surface area (Å²) >= 11 is 2.72. The van der Waals surface area contributed by atoms with Gasteiger partial charge in [0.1, 0.15) is 11.6 Å². The molecular formula is C30H28F2N6S2Si. The number of rotatable bonds is 8. The molecule has 11 heteroatoms. The highest BCUT2D eigenvalue weighted by atomic mass is 32.6. The molecule has 208 valence electrons. The zero-order valence-electron chi connectivity index (χ0n) is 22.4. The molecule has 0 radical (unpaired) electrons. The van der Waals surface area contributed by atoms with Crippen LogP contribution in [0, 0.1) is 11.6 Å². The second-order valence-electron chi connectivity index (χ2n) is 8.76. The molecule has 4 aromatic rings. The quantitative estimate of drug-likeness (QED) is 0.121. The third kappa shape index (κ3) is 7.57. The van der Waals surface area contributed by atoms with Crippen molar-refractivity contribution in [3.63, 3.8) is 0 Å². The smallest absolute Gasteiger partial charge is 0.256 e. The molecule has 0 saturated carbocycles. The van der Waals surface area contributed by atoms with Crippen LogP contribution in [-0.4, -0.2) is 28.1 Å². The van der Waals surface area contributed by atoms with Crippen LogP contribution < -0.4 is 21.8 Å². The summed E-state index contributed by atoms with van der Waals surface area (Å²) in [6, 6.07) is 32.4. The molecule has 0 fully saturated rings. The Hall–Kier alpha value is -4.06. The standard InChI is InChI=1S/C30H28F2N6S2Si/c1-21(25-17-9-11-19-27(25)31)35-37-29(33)39-41(23-13-5-3-6-14-23,24-15-7-4-8-16-24)40-30(34)38-36-22(2)26-18-10-12-20-28(26)32/h3-20H,1-2H3,(H2,33,37)(H2,34,38)/b35-21+,36-22+. The Labute approximate surface area is 246 Å². The van der Waals surface area contributed by atoms with Crippen LogP contribution in [0.5, 0.6) is 0 Å². The highest BCUT2D eigenvalue weighted by molar-refractivity contribution is 8.69. The average molecular weight is 603 g/mol. The normalized spacial score (nSPS) is 13.4. The molecule has 0 aliphatic rings. The summed E-state index contributed by atoms with van der Waals surface area (Å²) in [5.41, 5.74) is 14.4. The van der Waals surface area contributed by atoms with Crippen molar-refractivity contribution >= 4 is 60.9 Å². The van der Waals surface area contributed by atoms with E-state index in [-0.39, 0.29) is 10.3 Å². The lowest BCUT2D eigenvalue weighted by Gasteiger charge is -2.30. The number of benzene rings is 4. The minimum atomic E-state index is -2.96. The van der Waals surface area contributed by atoms with Gasteiger partial charge < -0.3 is 11.5 Å². The van der Waals surface area contributed by atoms with Crippen molar-refractivity contribution in [2.75, 3.05) is 0 Å². The van der Waals surface area contributed by atoms with Crippen LogP contribution in [0.2, 0.25) is 0 Å². The van der Waals surface area contributed by atoms with Crippen molar-refractivity contribution in [1.29, 1.82) is 0 Å². The molecule has 0 atom stereocenters. The molecule has 0 amide bonds. The predicted octanol–water partition coefficient (Wildman–Crippen LogP) is 5.47. The molecule has 41 heavy (non-hydrogen) atoms. The third-order valence-corrected chi connectivity index (χ3v) is 16.6. The Balaban J connectivity index is 1.76. The highest BCUT2D eigenvalue weighted by Crippen LogP contribution is 2.32. The topological polar surface area (TPSA) is 101 Å². The zero-order chi connectivity index (χ0) is 29.2. The Morgan fingerprint density at radius 3 is 1.24 bits per heavy atom. The van der Waals surface area contributed by atoms with E-state index in [1.54, 1.807) is 50.2 Å². The van der Waals surface area contributed by atoms with Crippen LogP contribution in [0.1, 0.15) is 25.0 Å². The highest BCUT2D eigenvalue weighted by Gasteiger charge is 2.42. The van der Waals surface area contributed by atoms with E-state index in [1.807, 2.05) is 60.7 Å². The summed E-state index contributed by atoms with van der Waals surface area (Å²) in [4.78, 5) is 0. The predicted molar refractivity (Wildman–Crippen MR) is 174 cm³/mol. The molecule has 0 heterocycles. The summed E-state index contributed by atoms with van der Waals surface area (Å²) in [6.45, 7) is 3.35. The first-order valence-electron chi connectivity index (χ1n) is 12.5. The maximum absolute atomic E-state index is 14.3. The largest absolute Gasteiger partial charge is 0.377 e. The van der Waals surface area contributed by atoms with E-state index in [2.05, 4.69) is 20.4 Å². The monoisotopic (exact) mass is 602 g/mol. The fourth-order valence-electron chi connectivity index (χ4n) is 3.94. The van der Waals surface area contributed by atoms with Crippen LogP contribution in [0.15, 0.2) is 130 Å². The summed E-state index contributed by atoms with van der Waals surface area (Å²) in [5.74, 6) is -0.781. The Morgan fingerprint density at radius 2 is 0.878 bits per heavy atom. The number of halogens is 2. The number of nitrogens with two attached hydrogens (primary N) is 2. The average Bonchev–Trinajstić information content (AvgIpc) is 2.99. The van der Waals surface area contributed by atoms with Crippen LogP contribution >= 0.6 is 22.4 Å². The summed E-state index contributed by atoms with van der Waals surface area (Å²) < 4.78 is 28.5. The SMILES string of the molecule is C/C(=N\N=C(/N)S[Si](S/C(N)=N/N=C(\C)c1ccccc1F)(c1ccccc1)c1ccccc1)c1ccccc1F. The second-order valence-corrected chi connectivity index (χ2v) is 18.1. The van der Waals surface area contributed by atoms with Crippen LogP contribution in [0.3, 0.4) is 0 Å². The Kier molecular flexibility index (Phi) is 10.2. The van der Waals surface area contributed by atoms with Gasteiger partial charge in [-0.15, -0.1) is 10.2 Å². The van der Waals surface area contributed by atoms with E-state index in [4.69, 9.17) is 11.5 Å². The lowest BCUT2D eigenvalue weighted by molar-refractivity contribution is 0.624. The van der Waals surface area contributed by atoms with Crippen LogP contribution in [0.25, 0.3) is 0 Å². The van der Waals surface area contributed by atoms with Gasteiger partial charge in [0, 0.05) is 11.1 Å². The van der Waals surface area contributed by atoms with E-state index in [0.29, 0.717) is 22.6 Å². The molecular weight excluding hydrogens is 575 g/mol. The molecule has 0 spiro atoms. The van der Waals surface area contributed by atoms with Crippen LogP contribution in [0.4, 0.5) is 8.78 Å². The number of hydrogen-bond acceptors (Lipinski definition) is 6. The van der Waals surface area contributed by atoms with Gasteiger partial charge in [0.2, 0.25) is 0 Å². The van der Waals surface area contributed by atoms with E-state index in [0.717, 1.165) is 10.4 Å². The van der Waals surface area contributed by atoms with Gasteiger partial charge in [0.25, 0.3) is 6.37 Å². The minimum absolute atomic E-state index is 0.186. The van der Waals surface area contributed by atoms with Gasteiger partial charge in [-0.05, 0) is 36.4 Å². The molecule has 0 aliphatic heterocycles. The van der Waals surface area contributed by atoms with E-state index in [9.17, 15) is 8.78 Å². The summed E-state index contributed by atoms with van der Waals surface area (Å²) in [7, 11) is 0. The molecule has 0 aliphatic carbocycles.